The van der Waals surface area contributed by atoms with E-state index in [1.54, 1.807) is 0 Å². The van der Waals surface area contributed by atoms with E-state index in [9.17, 15) is 4.79 Å². The van der Waals surface area contributed by atoms with E-state index in [4.69, 9.17) is 8.54 Å². The molecule has 126 valence electrons. The Morgan fingerprint density at radius 2 is 1.38 bits per heavy atom. The van der Waals surface area contributed by atoms with E-state index >= 15 is 0 Å². The maximum atomic E-state index is 11.7. The molecule has 0 saturated carbocycles. The van der Waals surface area contributed by atoms with Crippen LogP contribution in [-0.2, 0) is 13.3 Å². The highest BCUT2D eigenvalue weighted by molar-refractivity contribution is 6.76. The summed E-state index contributed by atoms with van der Waals surface area (Å²) in [6.45, 7) is 10.6. The number of unbranched alkanes of at least 4 members (excludes halogenated alkanes) is 8. The van der Waals surface area contributed by atoms with Crippen LogP contribution >= 0.6 is 0 Å². The molecule has 0 aliphatic heterocycles. The second kappa shape index (κ2) is 12.4. The first kappa shape index (κ1) is 20.9. The number of hydrogen-bond donors (Lipinski definition) is 0. The van der Waals surface area contributed by atoms with E-state index in [1.165, 1.54) is 44.9 Å². The Labute approximate surface area is 134 Å². The van der Waals surface area contributed by atoms with Crippen LogP contribution in [0.25, 0.3) is 0 Å². The second-order valence-electron chi connectivity index (χ2n) is 6.87. The second-order valence-corrected chi connectivity index (χ2v) is 13.4. The van der Waals surface area contributed by atoms with Crippen molar-refractivity contribution in [2.24, 2.45) is 0 Å². The van der Waals surface area contributed by atoms with Gasteiger partial charge in [-0.05, 0) is 32.6 Å². The number of hydrogen-bond acceptors (Lipinski definition) is 3. The summed E-state index contributed by atoms with van der Waals surface area (Å²) in [6, 6.07) is 0. The molecule has 0 amide bonds. The van der Waals surface area contributed by atoms with E-state index in [0.717, 1.165) is 12.8 Å². The molecule has 0 saturated heterocycles. The van der Waals surface area contributed by atoms with Crippen LogP contribution < -0.4 is 0 Å². The van der Waals surface area contributed by atoms with Crippen molar-refractivity contribution >= 4 is 23.6 Å². The molecule has 1 atom stereocenters. The third-order valence-electron chi connectivity index (χ3n) is 3.30. The normalized spacial score (nSPS) is 13.2. The predicted molar refractivity (Wildman–Crippen MR) is 95.4 cm³/mol. The van der Waals surface area contributed by atoms with Crippen LogP contribution in [0.3, 0.4) is 0 Å². The lowest BCUT2D eigenvalue weighted by atomic mass is 10.1. The number of carbonyl (C=O) groups excluding carboxylic acids is 1. The van der Waals surface area contributed by atoms with Gasteiger partial charge < -0.3 is 8.54 Å². The zero-order chi connectivity index (χ0) is 16.1. The molecule has 0 aromatic carbocycles. The van der Waals surface area contributed by atoms with Crippen molar-refractivity contribution in [3.63, 3.8) is 0 Å². The minimum absolute atomic E-state index is 0.0598. The van der Waals surface area contributed by atoms with Crippen LogP contribution in [0.15, 0.2) is 0 Å². The molecule has 0 N–H and O–H groups in total. The highest BCUT2D eigenvalue weighted by atomic mass is 28.4. The average molecular weight is 333 g/mol. The number of carbonyl (C=O) groups is 1. The van der Waals surface area contributed by atoms with Gasteiger partial charge in [0.05, 0.1) is 0 Å². The Hall–Kier alpha value is -0.136. The first-order valence-corrected chi connectivity index (χ1v) is 14.2. The van der Waals surface area contributed by atoms with E-state index in [-0.39, 0.29) is 5.97 Å². The third-order valence-corrected chi connectivity index (χ3v) is 8.05. The minimum atomic E-state index is -1.75. The summed E-state index contributed by atoms with van der Waals surface area (Å²) < 4.78 is 11.2. The molecule has 21 heavy (non-hydrogen) atoms. The summed E-state index contributed by atoms with van der Waals surface area (Å²) >= 11 is 0. The summed E-state index contributed by atoms with van der Waals surface area (Å²) in [5.74, 6) is -0.0598. The SMILES string of the molecule is CCCCCCCCCCCC(=O)O[SiH](C)O[Si](C)(C)C. The molecule has 0 heterocycles. The standard InChI is InChI=1S/C16H36O3Si2/c1-6-7-8-9-10-11-12-13-14-15-16(17)18-20(2)19-21(3,4)5/h20H,6-15H2,1-5H3. The fourth-order valence-electron chi connectivity index (χ4n) is 2.35. The van der Waals surface area contributed by atoms with E-state index in [1.807, 2.05) is 6.55 Å². The first-order chi connectivity index (χ1) is 9.85. The highest BCUT2D eigenvalue weighted by Gasteiger charge is 2.22. The lowest BCUT2D eigenvalue weighted by Crippen LogP contribution is -2.36. The van der Waals surface area contributed by atoms with Crippen molar-refractivity contribution in [3.8, 4) is 0 Å². The summed E-state index contributed by atoms with van der Waals surface area (Å²) in [6.07, 6.45) is 12.0. The molecule has 1 unspecified atom stereocenters. The van der Waals surface area contributed by atoms with E-state index in [0.29, 0.717) is 6.42 Å². The van der Waals surface area contributed by atoms with Crippen LogP contribution in [0.2, 0.25) is 26.2 Å². The Morgan fingerprint density at radius 3 is 1.86 bits per heavy atom. The topological polar surface area (TPSA) is 35.5 Å². The smallest absolute Gasteiger partial charge is 0.372 e. The van der Waals surface area contributed by atoms with Crippen LogP contribution in [0.4, 0.5) is 0 Å². The van der Waals surface area contributed by atoms with Gasteiger partial charge in [0, 0.05) is 6.42 Å². The third kappa shape index (κ3) is 16.1. The van der Waals surface area contributed by atoms with Gasteiger partial charge in [-0.15, -0.1) is 0 Å². The molecule has 5 heteroatoms. The van der Waals surface area contributed by atoms with Gasteiger partial charge in [0.2, 0.25) is 0 Å². The van der Waals surface area contributed by atoms with Gasteiger partial charge in [-0.2, -0.15) is 0 Å². The van der Waals surface area contributed by atoms with E-state index in [2.05, 4.69) is 26.6 Å². The summed E-state index contributed by atoms with van der Waals surface area (Å²) in [7, 11) is -3.32. The van der Waals surface area contributed by atoms with Crippen LogP contribution in [0.1, 0.15) is 71.1 Å². The fourth-order valence-corrected chi connectivity index (χ4v) is 7.01. The molecule has 0 fully saturated rings. The molecule has 0 aromatic heterocycles. The van der Waals surface area contributed by atoms with Gasteiger partial charge in [0.15, 0.2) is 8.32 Å². The summed E-state index contributed by atoms with van der Waals surface area (Å²) in [5.41, 5.74) is 0. The maximum Gasteiger partial charge on any atom is 0.372 e. The van der Waals surface area contributed by atoms with Gasteiger partial charge in [-0.1, -0.05) is 58.3 Å². The molecule has 0 bridgehead atoms. The van der Waals surface area contributed by atoms with Crippen molar-refractivity contribution in [2.75, 3.05) is 0 Å². The van der Waals surface area contributed by atoms with Crippen molar-refractivity contribution in [3.05, 3.63) is 0 Å². The maximum absolute atomic E-state index is 11.7. The molecule has 0 aliphatic carbocycles. The van der Waals surface area contributed by atoms with Gasteiger partial charge in [0.1, 0.15) is 0 Å². The average Bonchev–Trinajstić information content (AvgIpc) is 2.34. The van der Waals surface area contributed by atoms with Crippen LogP contribution in [0.5, 0.6) is 0 Å². The van der Waals surface area contributed by atoms with E-state index < -0.39 is 17.6 Å². The van der Waals surface area contributed by atoms with Gasteiger partial charge in [-0.3, -0.25) is 4.79 Å². The Bertz CT molecular complexity index is 265. The lowest BCUT2D eigenvalue weighted by molar-refractivity contribution is -0.135. The summed E-state index contributed by atoms with van der Waals surface area (Å²) in [4.78, 5) is 11.7. The minimum Gasteiger partial charge on any atom is -0.498 e. The van der Waals surface area contributed by atoms with Crippen molar-refractivity contribution in [1.82, 2.24) is 0 Å². The lowest BCUT2D eigenvalue weighted by Gasteiger charge is -2.22. The molecular formula is C16H36O3Si2. The molecular weight excluding hydrogens is 296 g/mol. The Balaban J connectivity index is 3.42. The van der Waals surface area contributed by atoms with Gasteiger partial charge in [-0.25, -0.2) is 0 Å². The Morgan fingerprint density at radius 1 is 0.905 bits per heavy atom. The Kier molecular flexibility index (Phi) is 12.3. The summed E-state index contributed by atoms with van der Waals surface area (Å²) in [5, 5.41) is 0. The van der Waals surface area contributed by atoms with Crippen LogP contribution in [-0.4, -0.2) is 23.6 Å². The molecule has 0 rings (SSSR count). The zero-order valence-electron chi connectivity index (χ0n) is 14.9. The fraction of sp³-hybridized carbons (Fsp3) is 0.938. The van der Waals surface area contributed by atoms with Crippen molar-refractivity contribution < 1.29 is 13.3 Å². The quantitative estimate of drug-likeness (QED) is 0.345. The highest BCUT2D eigenvalue weighted by Crippen LogP contribution is 2.11. The molecule has 3 nitrogen and oxygen atoms in total. The van der Waals surface area contributed by atoms with Crippen LogP contribution in [0, 0.1) is 0 Å². The monoisotopic (exact) mass is 332 g/mol. The largest absolute Gasteiger partial charge is 0.498 e. The van der Waals surface area contributed by atoms with Crippen molar-refractivity contribution in [1.29, 1.82) is 0 Å². The number of rotatable bonds is 13. The molecule has 0 spiro atoms. The van der Waals surface area contributed by atoms with Crippen molar-refractivity contribution in [2.45, 2.75) is 97.3 Å². The molecule has 0 aromatic rings. The predicted octanol–water partition coefficient (Wildman–Crippen LogP) is 5.15. The van der Waals surface area contributed by atoms with Gasteiger partial charge >= 0.3 is 9.28 Å². The van der Waals surface area contributed by atoms with Gasteiger partial charge in [0.25, 0.3) is 5.97 Å². The first-order valence-electron chi connectivity index (χ1n) is 8.72. The molecule has 0 radical (unpaired) electrons. The zero-order valence-corrected chi connectivity index (χ0v) is 17.0. The molecule has 0 aliphatic rings.